The van der Waals surface area contributed by atoms with Crippen LogP contribution < -0.4 is 0 Å². The zero-order chi connectivity index (χ0) is 11.5. The van der Waals surface area contributed by atoms with Crippen molar-refractivity contribution >= 4 is 15.9 Å². The van der Waals surface area contributed by atoms with E-state index in [1.54, 1.807) is 0 Å². The molecule has 0 aliphatic carbocycles. The molecule has 1 unspecified atom stereocenters. The van der Waals surface area contributed by atoms with Crippen LogP contribution in [0.5, 0.6) is 0 Å². The average Bonchev–Trinajstić information content (AvgIpc) is 2.05. The predicted octanol–water partition coefficient (Wildman–Crippen LogP) is 3.79. The van der Waals surface area contributed by atoms with Crippen molar-refractivity contribution in [1.29, 1.82) is 0 Å². The second-order valence-electron chi connectivity index (χ2n) is 5.21. The first-order valence-electron chi connectivity index (χ1n) is 5.30. The normalized spacial score (nSPS) is 13.9. The van der Waals surface area contributed by atoms with Crippen LogP contribution in [-0.4, -0.2) is 11.2 Å². The Morgan fingerprint density at radius 3 is 2.40 bits per heavy atom. The lowest BCUT2D eigenvalue weighted by molar-refractivity contribution is 0.121. The molecule has 1 N–H and O–H groups in total. The third-order valence-electron chi connectivity index (χ3n) is 2.26. The summed E-state index contributed by atoms with van der Waals surface area (Å²) >= 11 is 3.49. The van der Waals surface area contributed by atoms with E-state index in [-0.39, 0.29) is 11.5 Å². The quantitative estimate of drug-likeness (QED) is 0.886. The molecule has 0 aliphatic heterocycles. The maximum Gasteiger partial charge on any atom is 0.0586 e. The van der Waals surface area contributed by atoms with E-state index < -0.39 is 0 Å². The van der Waals surface area contributed by atoms with Gasteiger partial charge in [-0.3, -0.25) is 0 Å². The second-order valence-corrected chi connectivity index (χ2v) is 6.07. The number of aliphatic hydroxyl groups is 1. The highest BCUT2D eigenvalue weighted by Gasteiger charge is 2.17. The van der Waals surface area contributed by atoms with Crippen LogP contribution in [0.3, 0.4) is 0 Å². The lowest BCUT2D eigenvalue weighted by Gasteiger charge is -2.22. The molecule has 0 radical (unpaired) electrons. The van der Waals surface area contributed by atoms with Gasteiger partial charge in [-0.2, -0.15) is 0 Å². The van der Waals surface area contributed by atoms with Crippen molar-refractivity contribution in [1.82, 2.24) is 0 Å². The standard InChI is InChI=1S/C13H19BrO/c1-13(2,3)9-11(15)8-10-6-4-5-7-12(10)14/h4-7,11,15H,8-9H2,1-3H3. The summed E-state index contributed by atoms with van der Waals surface area (Å²) in [5.74, 6) is 0. The molecule has 1 aromatic rings. The molecule has 0 bridgehead atoms. The summed E-state index contributed by atoms with van der Waals surface area (Å²) in [7, 11) is 0. The molecule has 84 valence electrons. The van der Waals surface area contributed by atoms with Crippen LogP contribution in [-0.2, 0) is 6.42 Å². The van der Waals surface area contributed by atoms with Crippen molar-refractivity contribution in [2.75, 3.05) is 0 Å². The lowest BCUT2D eigenvalue weighted by atomic mass is 9.87. The van der Waals surface area contributed by atoms with Gasteiger partial charge < -0.3 is 5.11 Å². The topological polar surface area (TPSA) is 20.2 Å². The van der Waals surface area contributed by atoms with Crippen LogP contribution >= 0.6 is 15.9 Å². The number of benzene rings is 1. The second kappa shape index (κ2) is 5.13. The Morgan fingerprint density at radius 1 is 1.27 bits per heavy atom. The maximum atomic E-state index is 9.94. The molecule has 0 fully saturated rings. The van der Waals surface area contributed by atoms with Crippen LogP contribution in [0.2, 0.25) is 0 Å². The zero-order valence-electron chi connectivity index (χ0n) is 9.63. The van der Waals surface area contributed by atoms with Crippen molar-refractivity contribution in [3.63, 3.8) is 0 Å². The maximum absolute atomic E-state index is 9.94. The van der Waals surface area contributed by atoms with Gasteiger partial charge in [0, 0.05) is 4.47 Å². The highest BCUT2D eigenvalue weighted by Crippen LogP contribution is 2.24. The zero-order valence-corrected chi connectivity index (χ0v) is 11.2. The van der Waals surface area contributed by atoms with Crippen molar-refractivity contribution in [2.45, 2.75) is 39.7 Å². The Hall–Kier alpha value is -0.340. The predicted molar refractivity (Wildman–Crippen MR) is 67.9 cm³/mol. The summed E-state index contributed by atoms with van der Waals surface area (Å²) in [6.45, 7) is 6.45. The molecule has 15 heavy (non-hydrogen) atoms. The summed E-state index contributed by atoms with van der Waals surface area (Å²) in [6, 6.07) is 8.06. The minimum Gasteiger partial charge on any atom is -0.393 e. The van der Waals surface area contributed by atoms with Crippen LogP contribution in [0.1, 0.15) is 32.8 Å². The molecular weight excluding hydrogens is 252 g/mol. The Balaban J connectivity index is 2.59. The van der Waals surface area contributed by atoms with Gasteiger partial charge in [-0.25, -0.2) is 0 Å². The van der Waals surface area contributed by atoms with Gasteiger partial charge in [0.05, 0.1) is 6.10 Å². The Bertz CT molecular complexity index is 315. The van der Waals surface area contributed by atoms with E-state index in [0.717, 1.165) is 17.3 Å². The van der Waals surface area contributed by atoms with E-state index in [9.17, 15) is 5.11 Å². The summed E-state index contributed by atoms with van der Waals surface area (Å²) in [6.07, 6.45) is 1.29. The molecule has 2 heteroatoms. The Labute approximate surface area is 101 Å². The molecule has 0 aliphatic rings. The molecule has 1 atom stereocenters. The first-order chi connectivity index (χ1) is 6.88. The van der Waals surface area contributed by atoms with E-state index in [1.165, 1.54) is 5.56 Å². The van der Waals surface area contributed by atoms with Gasteiger partial charge in [0.25, 0.3) is 0 Å². The van der Waals surface area contributed by atoms with Gasteiger partial charge in [0.1, 0.15) is 0 Å². The van der Waals surface area contributed by atoms with E-state index in [2.05, 4.69) is 42.8 Å². The molecule has 0 saturated carbocycles. The van der Waals surface area contributed by atoms with E-state index >= 15 is 0 Å². The summed E-state index contributed by atoms with van der Waals surface area (Å²) in [5.41, 5.74) is 1.36. The molecule has 0 aromatic heterocycles. The van der Waals surface area contributed by atoms with Crippen LogP contribution in [0.25, 0.3) is 0 Å². The number of hydrogen-bond acceptors (Lipinski definition) is 1. The van der Waals surface area contributed by atoms with Gasteiger partial charge in [0.15, 0.2) is 0 Å². The first-order valence-corrected chi connectivity index (χ1v) is 6.09. The summed E-state index contributed by atoms with van der Waals surface area (Å²) in [4.78, 5) is 0. The van der Waals surface area contributed by atoms with E-state index in [0.29, 0.717) is 0 Å². The molecule has 0 saturated heterocycles. The fourth-order valence-corrected chi connectivity index (χ4v) is 2.14. The first kappa shape index (κ1) is 12.7. The van der Waals surface area contributed by atoms with Gasteiger partial charge in [-0.15, -0.1) is 0 Å². The Kier molecular flexibility index (Phi) is 4.35. The summed E-state index contributed by atoms with van der Waals surface area (Å²) < 4.78 is 1.08. The van der Waals surface area contributed by atoms with Crippen molar-refractivity contribution in [3.05, 3.63) is 34.3 Å². The monoisotopic (exact) mass is 270 g/mol. The van der Waals surface area contributed by atoms with Gasteiger partial charge in [0.2, 0.25) is 0 Å². The molecule has 1 rings (SSSR count). The molecule has 0 heterocycles. The van der Waals surface area contributed by atoms with Gasteiger partial charge >= 0.3 is 0 Å². The number of aliphatic hydroxyl groups excluding tert-OH is 1. The van der Waals surface area contributed by atoms with Crippen molar-refractivity contribution in [2.24, 2.45) is 5.41 Å². The smallest absolute Gasteiger partial charge is 0.0586 e. The molecular formula is C13H19BrO. The Morgan fingerprint density at radius 2 is 1.87 bits per heavy atom. The molecule has 0 spiro atoms. The van der Waals surface area contributed by atoms with Crippen LogP contribution in [0, 0.1) is 5.41 Å². The molecule has 0 amide bonds. The number of halogens is 1. The minimum absolute atomic E-state index is 0.181. The molecule has 1 aromatic carbocycles. The van der Waals surface area contributed by atoms with Gasteiger partial charge in [-0.1, -0.05) is 54.9 Å². The summed E-state index contributed by atoms with van der Waals surface area (Å²) in [5, 5.41) is 9.94. The third-order valence-corrected chi connectivity index (χ3v) is 3.03. The average molecular weight is 271 g/mol. The van der Waals surface area contributed by atoms with E-state index in [1.807, 2.05) is 18.2 Å². The SMILES string of the molecule is CC(C)(C)CC(O)Cc1ccccc1Br. The number of rotatable bonds is 3. The van der Waals surface area contributed by atoms with Crippen molar-refractivity contribution < 1.29 is 5.11 Å². The highest BCUT2D eigenvalue weighted by atomic mass is 79.9. The number of hydrogen-bond donors (Lipinski definition) is 1. The molecule has 1 nitrogen and oxygen atoms in total. The fraction of sp³-hybridized carbons (Fsp3) is 0.538. The van der Waals surface area contributed by atoms with Crippen LogP contribution in [0.15, 0.2) is 28.7 Å². The fourth-order valence-electron chi connectivity index (χ4n) is 1.70. The minimum atomic E-state index is -0.260. The third kappa shape index (κ3) is 4.80. The largest absolute Gasteiger partial charge is 0.393 e. The highest BCUT2D eigenvalue weighted by molar-refractivity contribution is 9.10. The van der Waals surface area contributed by atoms with Crippen LogP contribution in [0.4, 0.5) is 0 Å². The van der Waals surface area contributed by atoms with Gasteiger partial charge in [-0.05, 0) is 29.9 Å². The van der Waals surface area contributed by atoms with Crippen molar-refractivity contribution in [3.8, 4) is 0 Å². The van der Waals surface area contributed by atoms with E-state index in [4.69, 9.17) is 0 Å². The lowest BCUT2D eigenvalue weighted by Crippen LogP contribution is -2.19.